The summed E-state index contributed by atoms with van der Waals surface area (Å²) in [5, 5.41) is 6.47. The molecule has 6 heteroatoms. The maximum absolute atomic E-state index is 4.64. The molecule has 19 heavy (non-hydrogen) atoms. The average Bonchev–Trinajstić information content (AvgIpc) is 2.36. The van der Waals surface area contributed by atoms with E-state index < -0.39 is 0 Å². The molecular formula is C13H28IN5. The van der Waals surface area contributed by atoms with E-state index in [0.29, 0.717) is 6.04 Å². The van der Waals surface area contributed by atoms with Crippen molar-refractivity contribution in [3.05, 3.63) is 12.7 Å². The molecule has 0 aromatic heterocycles. The van der Waals surface area contributed by atoms with Crippen molar-refractivity contribution in [2.24, 2.45) is 4.99 Å². The van der Waals surface area contributed by atoms with Crippen molar-refractivity contribution in [3.8, 4) is 0 Å². The van der Waals surface area contributed by atoms with Gasteiger partial charge in [-0.25, -0.2) is 0 Å². The third kappa shape index (κ3) is 7.12. The van der Waals surface area contributed by atoms with Crippen molar-refractivity contribution in [2.45, 2.75) is 13.0 Å². The molecule has 2 N–H and O–H groups in total. The van der Waals surface area contributed by atoms with Crippen molar-refractivity contribution in [3.63, 3.8) is 0 Å². The van der Waals surface area contributed by atoms with Crippen LogP contribution in [0, 0.1) is 0 Å². The Bertz CT molecular complexity index is 282. The molecular weight excluding hydrogens is 353 g/mol. The molecule has 0 spiro atoms. The van der Waals surface area contributed by atoms with E-state index in [1.807, 2.05) is 6.08 Å². The van der Waals surface area contributed by atoms with E-state index in [2.05, 4.69) is 53.0 Å². The monoisotopic (exact) mass is 381 g/mol. The van der Waals surface area contributed by atoms with Gasteiger partial charge in [-0.3, -0.25) is 9.89 Å². The molecule has 1 aliphatic heterocycles. The Kier molecular flexibility index (Phi) is 10.3. The smallest absolute Gasteiger partial charge is 0.191 e. The van der Waals surface area contributed by atoms with Gasteiger partial charge in [-0.05, 0) is 21.0 Å². The first-order valence-electron chi connectivity index (χ1n) is 6.69. The Hall–Kier alpha value is -0.340. The van der Waals surface area contributed by atoms with Crippen LogP contribution in [0.25, 0.3) is 0 Å². The Morgan fingerprint density at radius 2 is 2.11 bits per heavy atom. The molecule has 0 aliphatic carbocycles. The van der Waals surface area contributed by atoms with Crippen LogP contribution in [-0.2, 0) is 0 Å². The van der Waals surface area contributed by atoms with E-state index in [1.165, 1.54) is 0 Å². The fourth-order valence-electron chi connectivity index (χ4n) is 2.01. The predicted molar refractivity (Wildman–Crippen MR) is 93.5 cm³/mol. The van der Waals surface area contributed by atoms with Gasteiger partial charge in [-0.1, -0.05) is 6.08 Å². The first kappa shape index (κ1) is 18.7. The number of rotatable bonds is 5. The van der Waals surface area contributed by atoms with Crippen molar-refractivity contribution in [1.82, 2.24) is 20.4 Å². The van der Waals surface area contributed by atoms with Crippen molar-refractivity contribution in [1.29, 1.82) is 0 Å². The molecule has 5 nitrogen and oxygen atoms in total. The molecule has 1 saturated heterocycles. The van der Waals surface area contributed by atoms with Crippen molar-refractivity contribution in [2.75, 3.05) is 53.4 Å². The molecule has 0 saturated carbocycles. The van der Waals surface area contributed by atoms with Gasteiger partial charge in [-0.2, -0.15) is 0 Å². The Morgan fingerprint density at radius 1 is 1.37 bits per heavy atom. The SMILES string of the molecule is C=CCNC(=NCC1CN(C)CCN1C)NCC.I. The van der Waals surface area contributed by atoms with Gasteiger partial charge in [0.2, 0.25) is 0 Å². The summed E-state index contributed by atoms with van der Waals surface area (Å²) in [7, 11) is 4.35. The second-order valence-corrected chi connectivity index (χ2v) is 4.79. The molecule has 1 aliphatic rings. The fraction of sp³-hybridized carbons (Fsp3) is 0.769. The molecule has 1 rings (SSSR count). The zero-order chi connectivity index (χ0) is 13.4. The van der Waals surface area contributed by atoms with Crippen LogP contribution in [0.1, 0.15) is 6.92 Å². The summed E-state index contributed by atoms with van der Waals surface area (Å²) in [6.07, 6.45) is 1.84. The number of nitrogens with one attached hydrogen (secondary N) is 2. The first-order chi connectivity index (χ1) is 8.67. The first-order valence-corrected chi connectivity index (χ1v) is 6.69. The van der Waals surface area contributed by atoms with Crippen LogP contribution in [-0.4, -0.2) is 75.2 Å². The maximum atomic E-state index is 4.64. The van der Waals surface area contributed by atoms with Crippen LogP contribution < -0.4 is 10.6 Å². The topological polar surface area (TPSA) is 42.9 Å². The lowest BCUT2D eigenvalue weighted by Gasteiger charge is -2.36. The molecule has 112 valence electrons. The van der Waals surface area contributed by atoms with E-state index in [9.17, 15) is 0 Å². The number of guanidine groups is 1. The molecule has 0 bridgehead atoms. The third-order valence-corrected chi connectivity index (χ3v) is 3.20. The van der Waals surface area contributed by atoms with Crippen molar-refractivity contribution < 1.29 is 0 Å². The highest BCUT2D eigenvalue weighted by Crippen LogP contribution is 2.05. The highest BCUT2D eigenvalue weighted by molar-refractivity contribution is 14.0. The standard InChI is InChI=1S/C13H27N5.HI/c1-5-7-15-13(14-6-2)16-10-12-11-17(3)8-9-18(12)4;/h5,12H,1,6-11H2,2-4H3,(H2,14,15,16);1H. The number of halogens is 1. The van der Waals surface area contributed by atoms with Crippen LogP contribution in [0.2, 0.25) is 0 Å². The number of piperazine rings is 1. The lowest BCUT2D eigenvalue weighted by Crippen LogP contribution is -2.51. The van der Waals surface area contributed by atoms with Gasteiger partial charge in [0.15, 0.2) is 5.96 Å². The summed E-state index contributed by atoms with van der Waals surface area (Å²) in [4.78, 5) is 9.39. The maximum Gasteiger partial charge on any atom is 0.191 e. The van der Waals surface area contributed by atoms with E-state index in [0.717, 1.165) is 45.2 Å². The van der Waals surface area contributed by atoms with Gasteiger partial charge in [0, 0.05) is 38.8 Å². The minimum Gasteiger partial charge on any atom is -0.357 e. The zero-order valence-corrected chi connectivity index (χ0v) is 14.7. The molecule has 0 radical (unpaired) electrons. The summed E-state index contributed by atoms with van der Waals surface area (Å²) in [6, 6.07) is 0.503. The average molecular weight is 381 g/mol. The predicted octanol–water partition coefficient (Wildman–Crippen LogP) is 0.591. The molecule has 1 heterocycles. The number of likely N-dealkylation sites (N-methyl/N-ethyl adjacent to an activating group) is 2. The summed E-state index contributed by atoms with van der Waals surface area (Å²) in [5.41, 5.74) is 0. The van der Waals surface area contributed by atoms with Gasteiger partial charge in [0.25, 0.3) is 0 Å². The lowest BCUT2D eigenvalue weighted by atomic mass is 10.2. The van der Waals surface area contributed by atoms with Gasteiger partial charge in [0.05, 0.1) is 6.54 Å². The Morgan fingerprint density at radius 3 is 2.74 bits per heavy atom. The van der Waals surface area contributed by atoms with Gasteiger partial charge < -0.3 is 15.5 Å². The molecule has 0 aromatic rings. The highest BCUT2D eigenvalue weighted by Gasteiger charge is 2.21. The van der Waals surface area contributed by atoms with Crippen LogP contribution in [0.15, 0.2) is 17.6 Å². The zero-order valence-electron chi connectivity index (χ0n) is 12.4. The molecule has 1 fully saturated rings. The van der Waals surface area contributed by atoms with E-state index in [4.69, 9.17) is 0 Å². The number of nitrogens with zero attached hydrogens (tertiary/aromatic N) is 3. The number of hydrogen-bond donors (Lipinski definition) is 2. The second kappa shape index (κ2) is 10.4. The van der Waals surface area contributed by atoms with Crippen LogP contribution in [0.3, 0.4) is 0 Å². The summed E-state index contributed by atoms with van der Waals surface area (Å²) < 4.78 is 0. The van der Waals surface area contributed by atoms with Crippen LogP contribution >= 0.6 is 24.0 Å². The lowest BCUT2D eigenvalue weighted by molar-refractivity contribution is 0.119. The normalized spacial score (nSPS) is 21.6. The summed E-state index contributed by atoms with van der Waals surface area (Å²) in [5.74, 6) is 0.874. The second-order valence-electron chi connectivity index (χ2n) is 4.79. The molecule has 0 aromatic carbocycles. The van der Waals surface area contributed by atoms with E-state index in [-0.39, 0.29) is 24.0 Å². The molecule has 0 amide bonds. The third-order valence-electron chi connectivity index (χ3n) is 3.20. The van der Waals surface area contributed by atoms with Crippen LogP contribution in [0.5, 0.6) is 0 Å². The minimum absolute atomic E-state index is 0. The van der Waals surface area contributed by atoms with Gasteiger partial charge in [-0.15, -0.1) is 30.6 Å². The summed E-state index contributed by atoms with van der Waals surface area (Å²) >= 11 is 0. The largest absolute Gasteiger partial charge is 0.357 e. The Balaban J connectivity index is 0.00000324. The fourth-order valence-corrected chi connectivity index (χ4v) is 2.01. The highest BCUT2D eigenvalue weighted by atomic mass is 127. The quantitative estimate of drug-likeness (QED) is 0.317. The minimum atomic E-state index is 0. The van der Waals surface area contributed by atoms with Crippen LogP contribution in [0.4, 0.5) is 0 Å². The summed E-state index contributed by atoms with van der Waals surface area (Å²) in [6.45, 7) is 11.6. The van der Waals surface area contributed by atoms with E-state index in [1.54, 1.807) is 0 Å². The van der Waals surface area contributed by atoms with Gasteiger partial charge >= 0.3 is 0 Å². The Labute approximate surface area is 134 Å². The molecule has 1 unspecified atom stereocenters. The van der Waals surface area contributed by atoms with Crippen molar-refractivity contribution >= 4 is 29.9 Å². The van der Waals surface area contributed by atoms with E-state index >= 15 is 0 Å². The molecule has 1 atom stereocenters. The number of aliphatic imine (C=N–C) groups is 1. The van der Waals surface area contributed by atoms with Gasteiger partial charge in [0.1, 0.15) is 0 Å². The number of hydrogen-bond acceptors (Lipinski definition) is 3.